The van der Waals surface area contributed by atoms with Crippen LogP contribution < -0.4 is 10.1 Å². The van der Waals surface area contributed by atoms with Crippen LogP contribution >= 0.6 is 0 Å². The molecule has 2 aromatic rings. The minimum Gasteiger partial charge on any atom is -0.504 e. The summed E-state index contributed by atoms with van der Waals surface area (Å²) in [6.07, 6.45) is 0. The van der Waals surface area contributed by atoms with E-state index in [2.05, 4.69) is 5.32 Å². The van der Waals surface area contributed by atoms with Crippen LogP contribution in [0.1, 0.15) is 24.1 Å². The summed E-state index contributed by atoms with van der Waals surface area (Å²) in [5.74, 6) is 0.294. The van der Waals surface area contributed by atoms with E-state index in [-0.39, 0.29) is 17.6 Å². The molecule has 0 heterocycles. The summed E-state index contributed by atoms with van der Waals surface area (Å²) < 4.78 is 18.6. The van der Waals surface area contributed by atoms with Crippen molar-refractivity contribution in [2.75, 3.05) is 12.4 Å². The van der Waals surface area contributed by atoms with Crippen LogP contribution in [0.15, 0.2) is 36.4 Å². The number of phenols is 1. The van der Waals surface area contributed by atoms with E-state index in [1.807, 2.05) is 19.1 Å². The van der Waals surface area contributed by atoms with Gasteiger partial charge in [0.05, 0.1) is 7.11 Å². The average molecular weight is 275 g/mol. The van der Waals surface area contributed by atoms with E-state index in [1.165, 1.54) is 13.2 Å². The maximum atomic E-state index is 13.5. The highest BCUT2D eigenvalue weighted by Crippen LogP contribution is 2.30. The van der Waals surface area contributed by atoms with Crippen LogP contribution in [0.5, 0.6) is 11.5 Å². The molecule has 0 aliphatic rings. The van der Waals surface area contributed by atoms with E-state index in [4.69, 9.17) is 4.74 Å². The lowest BCUT2D eigenvalue weighted by molar-refractivity contribution is 0.373. The number of methoxy groups -OCH3 is 1. The van der Waals surface area contributed by atoms with Crippen LogP contribution in [-0.2, 0) is 0 Å². The van der Waals surface area contributed by atoms with Gasteiger partial charge < -0.3 is 15.2 Å². The lowest BCUT2D eigenvalue weighted by Crippen LogP contribution is -2.08. The van der Waals surface area contributed by atoms with Gasteiger partial charge in [0.15, 0.2) is 11.5 Å². The first-order chi connectivity index (χ1) is 9.52. The number of nitrogens with one attached hydrogen (secondary N) is 1. The zero-order valence-corrected chi connectivity index (χ0v) is 11.8. The van der Waals surface area contributed by atoms with Crippen molar-refractivity contribution in [2.45, 2.75) is 19.9 Å². The van der Waals surface area contributed by atoms with Crippen molar-refractivity contribution in [3.8, 4) is 11.5 Å². The average Bonchev–Trinajstić information content (AvgIpc) is 2.44. The molecule has 0 amide bonds. The Kier molecular flexibility index (Phi) is 4.13. The number of hydrogen-bond donors (Lipinski definition) is 2. The van der Waals surface area contributed by atoms with E-state index in [0.717, 1.165) is 11.3 Å². The predicted molar refractivity (Wildman–Crippen MR) is 77.8 cm³/mol. The monoisotopic (exact) mass is 275 g/mol. The van der Waals surface area contributed by atoms with Crippen molar-refractivity contribution in [3.63, 3.8) is 0 Å². The molecular formula is C16H18FNO2. The fourth-order valence-electron chi connectivity index (χ4n) is 2.04. The standard InChI is InChI=1S/C16H18FNO2/c1-10-13(17)5-4-6-14(10)18-11(2)12-7-8-15(19)16(9-12)20-3/h4-9,11,18-19H,1-3H3. The van der Waals surface area contributed by atoms with Gasteiger partial charge in [0, 0.05) is 17.3 Å². The van der Waals surface area contributed by atoms with Crippen molar-refractivity contribution in [1.29, 1.82) is 0 Å². The van der Waals surface area contributed by atoms with Gasteiger partial charge in [0.1, 0.15) is 5.82 Å². The lowest BCUT2D eigenvalue weighted by Gasteiger charge is -2.18. The highest BCUT2D eigenvalue weighted by atomic mass is 19.1. The van der Waals surface area contributed by atoms with Gasteiger partial charge >= 0.3 is 0 Å². The smallest absolute Gasteiger partial charge is 0.160 e. The fraction of sp³-hybridized carbons (Fsp3) is 0.250. The van der Waals surface area contributed by atoms with Gasteiger partial charge in [0.25, 0.3) is 0 Å². The zero-order valence-electron chi connectivity index (χ0n) is 11.8. The van der Waals surface area contributed by atoms with E-state index in [0.29, 0.717) is 11.3 Å². The van der Waals surface area contributed by atoms with Crippen molar-refractivity contribution < 1.29 is 14.2 Å². The molecule has 0 aromatic heterocycles. The number of rotatable bonds is 4. The second-order valence-electron chi connectivity index (χ2n) is 4.71. The fourth-order valence-corrected chi connectivity index (χ4v) is 2.04. The van der Waals surface area contributed by atoms with Crippen LogP contribution in [0, 0.1) is 12.7 Å². The molecule has 0 saturated carbocycles. The van der Waals surface area contributed by atoms with Crippen molar-refractivity contribution in [3.05, 3.63) is 53.3 Å². The molecule has 3 nitrogen and oxygen atoms in total. The maximum absolute atomic E-state index is 13.5. The molecule has 20 heavy (non-hydrogen) atoms. The summed E-state index contributed by atoms with van der Waals surface area (Å²) in [6.45, 7) is 3.71. The van der Waals surface area contributed by atoms with Crippen molar-refractivity contribution >= 4 is 5.69 Å². The summed E-state index contributed by atoms with van der Waals surface area (Å²) in [5, 5.41) is 12.9. The quantitative estimate of drug-likeness (QED) is 0.885. The highest BCUT2D eigenvalue weighted by molar-refractivity contribution is 5.53. The number of halogens is 1. The Morgan fingerprint density at radius 1 is 1.25 bits per heavy atom. The van der Waals surface area contributed by atoms with Gasteiger partial charge in [-0.2, -0.15) is 0 Å². The van der Waals surface area contributed by atoms with E-state index < -0.39 is 0 Å². The molecule has 0 radical (unpaired) electrons. The number of hydrogen-bond acceptors (Lipinski definition) is 3. The predicted octanol–water partition coefficient (Wildman–Crippen LogP) is 4.02. The normalized spacial score (nSPS) is 12.0. The Morgan fingerprint density at radius 2 is 2.00 bits per heavy atom. The third-order valence-corrected chi connectivity index (χ3v) is 3.34. The molecule has 0 saturated heterocycles. The van der Waals surface area contributed by atoms with Crippen LogP contribution in [0.4, 0.5) is 10.1 Å². The van der Waals surface area contributed by atoms with E-state index >= 15 is 0 Å². The van der Waals surface area contributed by atoms with Crippen molar-refractivity contribution in [2.24, 2.45) is 0 Å². The molecule has 2 N–H and O–H groups in total. The van der Waals surface area contributed by atoms with Gasteiger partial charge in [-0.3, -0.25) is 0 Å². The third kappa shape index (κ3) is 2.85. The van der Waals surface area contributed by atoms with Gasteiger partial charge in [0.2, 0.25) is 0 Å². The van der Waals surface area contributed by atoms with Crippen molar-refractivity contribution in [1.82, 2.24) is 0 Å². The topological polar surface area (TPSA) is 41.5 Å². The minimum atomic E-state index is -0.231. The Labute approximate surface area is 118 Å². The molecule has 0 spiro atoms. The summed E-state index contributed by atoms with van der Waals surface area (Å²) in [7, 11) is 1.51. The van der Waals surface area contributed by atoms with Gasteiger partial charge in [-0.25, -0.2) is 4.39 Å². The van der Waals surface area contributed by atoms with Crippen LogP contribution in [0.25, 0.3) is 0 Å². The molecular weight excluding hydrogens is 257 g/mol. The minimum absolute atomic E-state index is 0.0370. The van der Waals surface area contributed by atoms with Gasteiger partial charge in [-0.15, -0.1) is 0 Å². The summed E-state index contributed by atoms with van der Waals surface area (Å²) in [6, 6.07) is 10.1. The first kappa shape index (κ1) is 14.2. The van der Waals surface area contributed by atoms with Crippen LogP contribution in [0.3, 0.4) is 0 Å². The second-order valence-corrected chi connectivity index (χ2v) is 4.71. The Bertz CT molecular complexity index is 613. The summed E-state index contributed by atoms with van der Waals surface area (Å²) in [5.41, 5.74) is 2.29. The molecule has 0 aliphatic heterocycles. The largest absolute Gasteiger partial charge is 0.504 e. The number of anilines is 1. The summed E-state index contributed by atoms with van der Waals surface area (Å²) >= 11 is 0. The second kappa shape index (κ2) is 5.82. The molecule has 0 bridgehead atoms. The Morgan fingerprint density at radius 3 is 2.70 bits per heavy atom. The maximum Gasteiger partial charge on any atom is 0.160 e. The summed E-state index contributed by atoms with van der Waals surface area (Å²) in [4.78, 5) is 0. The lowest BCUT2D eigenvalue weighted by atomic mass is 10.1. The SMILES string of the molecule is COc1cc(C(C)Nc2cccc(F)c2C)ccc1O. The van der Waals surface area contributed by atoms with Crippen LogP contribution in [-0.4, -0.2) is 12.2 Å². The molecule has 1 unspecified atom stereocenters. The number of aromatic hydroxyl groups is 1. The first-order valence-corrected chi connectivity index (χ1v) is 6.41. The molecule has 0 fully saturated rings. The molecule has 4 heteroatoms. The molecule has 1 atom stereocenters. The Balaban J connectivity index is 2.24. The molecule has 2 rings (SSSR count). The molecule has 106 valence electrons. The van der Waals surface area contributed by atoms with E-state index in [1.54, 1.807) is 25.1 Å². The highest BCUT2D eigenvalue weighted by Gasteiger charge is 2.11. The zero-order chi connectivity index (χ0) is 14.7. The van der Waals surface area contributed by atoms with E-state index in [9.17, 15) is 9.50 Å². The molecule has 2 aromatic carbocycles. The first-order valence-electron chi connectivity index (χ1n) is 6.41. The van der Waals surface area contributed by atoms with Gasteiger partial charge in [-0.05, 0) is 43.7 Å². The number of ether oxygens (including phenoxy) is 1. The third-order valence-electron chi connectivity index (χ3n) is 3.34. The number of phenolic OH excluding ortho intramolecular Hbond substituents is 1. The number of benzene rings is 2. The Hall–Kier alpha value is -2.23. The van der Waals surface area contributed by atoms with Crippen LogP contribution in [0.2, 0.25) is 0 Å². The van der Waals surface area contributed by atoms with Gasteiger partial charge in [-0.1, -0.05) is 12.1 Å². The molecule has 0 aliphatic carbocycles.